The van der Waals surface area contributed by atoms with E-state index < -0.39 is 34.7 Å². The van der Waals surface area contributed by atoms with Gasteiger partial charge >= 0.3 is 0 Å². The van der Waals surface area contributed by atoms with Gasteiger partial charge in [0.05, 0.1) is 24.0 Å². The molecule has 3 aromatic heterocycles. The van der Waals surface area contributed by atoms with Gasteiger partial charge in [-0.3, -0.25) is 18.8 Å². The maximum atomic E-state index is 12.9. The predicted molar refractivity (Wildman–Crippen MR) is 125 cm³/mol. The molecule has 1 amide bonds. The van der Waals surface area contributed by atoms with Crippen LogP contribution < -0.4 is 10.9 Å². The lowest BCUT2D eigenvalue weighted by molar-refractivity contribution is 0.101. The first kappa shape index (κ1) is 23.4. The van der Waals surface area contributed by atoms with Crippen LogP contribution in [-0.2, 0) is 14.1 Å². The summed E-state index contributed by atoms with van der Waals surface area (Å²) in [7, 11) is 3.28. The van der Waals surface area contributed by atoms with Crippen LogP contribution in [0.2, 0.25) is 0 Å². The second kappa shape index (κ2) is 9.26. The maximum absolute atomic E-state index is 12.9. The monoisotopic (exact) mass is 473 g/mol. The number of aromatic hydroxyl groups is 1. The Balaban J connectivity index is 1.90. The van der Waals surface area contributed by atoms with Crippen LogP contribution in [0, 0.1) is 18.3 Å². The Morgan fingerprint density at radius 3 is 2.63 bits per heavy atom. The van der Waals surface area contributed by atoms with E-state index in [0.29, 0.717) is 5.56 Å². The Kier molecular flexibility index (Phi) is 6.20. The molecule has 4 rings (SSSR count). The first-order valence-electron chi connectivity index (χ1n) is 10.7. The van der Waals surface area contributed by atoms with E-state index in [2.05, 4.69) is 26.6 Å². The van der Waals surface area contributed by atoms with Crippen molar-refractivity contribution >= 4 is 11.6 Å². The lowest BCUT2D eigenvalue weighted by Crippen LogP contribution is -2.30. The van der Waals surface area contributed by atoms with Crippen molar-refractivity contribution in [3.8, 4) is 11.8 Å². The second-order valence-corrected chi connectivity index (χ2v) is 8.20. The van der Waals surface area contributed by atoms with E-state index in [0.717, 1.165) is 16.8 Å². The van der Waals surface area contributed by atoms with Gasteiger partial charge in [0.1, 0.15) is 17.8 Å². The van der Waals surface area contributed by atoms with Crippen LogP contribution in [0.4, 0.5) is 5.69 Å². The molecule has 2 N–H and O–H groups in total. The molecule has 0 spiro atoms. The third-order valence-electron chi connectivity index (χ3n) is 6.00. The zero-order valence-electron chi connectivity index (χ0n) is 19.6. The largest absolute Gasteiger partial charge is 0.501 e. The highest BCUT2D eigenvalue weighted by Crippen LogP contribution is 2.40. The number of rotatable bonds is 6. The summed E-state index contributed by atoms with van der Waals surface area (Å²) in [6.45, 7) is 3.77. The third-order valence-corrected chi connectivity index (χ3v) is 6.00. The highest BCUT2D eigenvalue weighted by Gasteiger charge is 2.33. The number of nitrogens with zero attached hydrogens (tertiary/aromatic N) is 6. The van der Waals surface area contributed by atoms with Gasteiger partial charge in [0, 0.05) is 31.6 Å². The third kappa shape index (κ3) is 4.17. The van der Waals surface area contributed by atoms with Crippen LogP contribution in [0.5, 0.6) is 5.75 Å². The van der Waals surface area contributed by atoms with Gasteiger partial charge in [0.25, 0.3) is 11.5 Å². The van der Waals surface area contributed by atoms with E-state index in [1.165, 1.54) is 24.1 Å². The fourth-order valence-corrected chi connectivity index (χ4v) is 4.31. The van der Waals surface area contributed by atoms with Gasteiger partial charge in [-0.05, 0) is 24.1 Å². The molecule has 3 heterocycles. The summed E-state index contributed by atoms with van der Waals surface area (Å²) in [5.74, 6) is -2.25. The standard InChI is InChI=1S/C24H23N7O4/c1-13-10-26-31(4)20(13)18(17-8-6-5-7-15(17)9-25)14(2)22-29-19(21(32)24(34)30(22)3)23(33)28-16-11-27-35-12-16/h5-8,10-12,14,18,32H,1-4H3,(H,28,33)/t14-,18+/m1/s1. The first-order valence-corrected chi connectivity index (χ1v) is 10.7. The quantitative estimate of drug-likeness (QED) is 0.433. The number of carbonyl (C=O) groups excluding carboxylic acids is 1. The van der Waals surface area contributed by atoms with Crippen LogP contribution >= 0.6 is 0 Å². The molecule has 0 unspecified atom stereocenters. The normalized spacial score (nSPS) is 12.7. The van der Waals surface area contributed by atoms with Gasteiger partial charge in [0.2, 0.25) is 5.75 Å². The van der Waals surface area contributed by atoms with E-state index in [9.17, 15) is 20.0 Å². The van der Waals surface area contributed by atoms with Crippen LogP contribution in [0.3, 0.4) is 0 Å². The van der Waals surface area contributed by atoms with Crippen molar-refractivity contribution in [1.82, 2.24) is 24.5 Å². The first-order chi connectivity index (χ1) is 16.7. The molecule has 0 aliphatic carbocycles. The number of amides is 1. The maximum Gasteiger partial charge on any atom is 0.296 e. The summed E-state index contributed by atoms with van der Waals surface area (Å²) in [6, 6.07) is 9.43. The Labute approximate surface area is 200 Å². The number of benzene rings is 1. The van der Waals surface area contributed by atoms with Gasteiger partial charge in [-0.25, -0.2) is 4.98 Å². The SMILES string of the molecule is Cc1cnn(C)c1[C@H](c1ccccc1C#N)[C@@H](C)c1nc(C(=O)Nc2cnoc2)c(O)c(=O)n1C. The van der Waals surface area contributed by atoms with E-state index in [4.69, 9.17) is 4.52 Å². The molecule has 0 radical (unpaired) electrons. The van der Waals surface area contributed by atoms with Gasteiger partial charge in [-0.2, -0.15) is 10.4 Å². The van der Waals surface area contributed by atoms with Crippen molar-refractivity contribution < 1.29 is 14.4 Å². The van der Waals surface area contributed by atoms with Gasteiger partial charge in [-0.1, -0.05) is 30.3 Å². The van der Waals surface area contributed by atoms with E-state index in [1.807, 2.05) is 26.0 Å². The zero-order chi connectivity index (χ0) is 25.3. The van der Waals surface area contributed by atoms with Crippen molar-refractivity contribution in [2.75, 3.05) is 5.32 Å². The molecule has 11 heteroatoms. The van der Waals surface area contributed by atoms with Crippen molar-refractivity contribution in [1.29, 1.82) is 5.26 Å². The minimum absolute atomic E-state index is 0.248. The molecule has 0 aliphatic rings. The Bertz CT molecular complexity index is 1480. The van der Waals surface area contributed by atoms with Crippen LogP contribution in [0.15, 0.2) is 52.2 Å². The lowest BCUT2D eigenvalue weighted by Gasteiger charge is -2.27. The molecule has 11 nitrogen and oxygen atoms in total. The number of aryl methyl sites for hydroxylation is 2. The minimum atomic E-state index is -0.789. The van der Waals surface area contributed by atoms with Crippen molar-refractivity contribution in [3.05, 3.63) is 87.2 Å². The van der Waals surface area contributed by atoms with Gasteiger partial charge < -0.3 is 14.9 Å². The van der Waals surface area contributed by atoms with Crippen LogP contribution in [0.1, 0.15) is 57.5 Å². The number of hydrogen-bond donors (Lipinski definition) is 2. The average molecular weight is 473 g/mol. The summed E-state index contributed by atoms with van der Waals surface area (Å²) in [5.41, 5.74) is 1.98. The molecular weight excluding hydrogens is 450 g/mol. The Morgan fingerprint density at radius 1 is 1.26 bits per heavy atom. The Hall–Kier alpha value is -4.72. The lowest BCUT2D eigenvalue weighted by atomic mass is 9.80. The van der Waals surface area contributed by atoms with E-state index in [-0.39, 0.29) is 11.5 Å². The minimum Gasteiger partial charge on any atom is -0.501 e. The molecule has 0 saturated carbocycles. The smallest absolute Gasteiger partial charge is 0.296 e. The number of hydrogen-bond acceptors (Lipinski definition) is 8. The molecule has 4 aromatic rings. The number of aromatic nitrogens is 5. The number of nitriles is 1. The molecule has 0 saturated heterocycles. The zero-order valence-corrected chi connectivity index (χ0v) is 19.6. The van der Waals surface area contributed by atoms with E-state index >= 15 is 0 Å². The van der Waals surface area contributed by atoms with Crippen molar-refractivity contribution in [2.45, 2.75) is 25.7 Å². The van der Waals surface area contributed by atoms with E-state index in [1.54, 1.807) is 30.1 Å². The summed E-state index contributed by atoms with van der Waals surface area (Å²) < 4.78 is 7.64. The molecule has 0 bridgehead atoms. The number of anilines is 1. The second-order valence-electron chi connectivity index (χ2n) is 8.20. The summed E-state index contributed by atoms with van der Waals surface area (Å²) in [5, 5.41) is 30.6. The van der Waals surface area contributed by atoms with Crippen molar-refractivity contribution in [2.24, 2.45) is 14.1 Å². The molecule has 0 fully saturated rings. The van der Waals surface area contributed by atoms with Gasteiger partial charge in [-0.15, -0.1) is 0 Å². The highest BCUT2D eigenvalue weighted by atomic mass is 16.5. The molecule has 0 aliphatic heterocycles. The molecule has 35 heavy (non-hydrogen) atoms. The van der Waals surface area contributed by atoms with Crippen LogP contribution in [0.25, 0.3) is 0 Å². The topological polar surface area (TPSA) is 152 Å². The molecular formula is C24H23N7O4. The number of carbonyl (C=O) groups is 1. The highest BCUT2D eigenvalue weighted by molar-refractivity contribution is 6.04. The summed E-state index contributed by atoms with van der Waals surface area (Å²) in [4.78, 5) is 30.2. The fraction of sp³-hybridized carbons (Fsp3) is 0.250. The van der Waals surface area contributed by atoms with Gasteiger partial charge in [0.15, 0.2) is 5.69 Å². The molecule has 1 aromatic carbocycles. The molecule has 178 valence electrons. The number of nitrogens with one attached hydrogen (secondary N) is 1. The summed E-state index contributed by atoms with van der Waals surface area (Å²) >= 11 is 0. The van der Waals surface area contributed by atoms with Crippen molar-refractivity contribution in [3.63, 3.8) is 0 Å². The van der Waals surface area contributed by atoms with Crippen LogP contribution in [-0.4, -0.2) is 35.5 Å². The predicted octanol–water partition coefficient (Wildman–Crippen LogP) is 2.58. The summed E-state index contributed by atoms with van der Waals surface area (Å²) in [6.07, 6.45) is 4.21. The fourth-order valence-electron chi connectivity index (χ4n) is 4.31. The average Bonchev–Trinajstić information content (AvgIpc) is 3.48. The molecule has 2 atom stereocenters. The Morgan fingerprint density at radius 2 is 2.00 bits per heavy atom.